The average Bonchev–Trinajstić information content (AvgIpc) is 2.90. The maximum atomic E-state index is 11.5. The molecule has 2 rings (SSSR count). The zero-order valence-corrected chi connectivity index (χ0v) is 13.4. The first-order valence-corrected chi connectivity index (χ1v) is 8.78. The van der Waals surface area contributed by atoms with Gasteiger partial charge in [-0.3, -0.25) is 4.79 Å². The number of carbonyl (C=O) groups excluding carboxylic acids is 1. The zero-order valence-electron chi connectivity index (χ0n) is 11.8. The number of nitrogens with one attached hydrogen (secondary N) is 1. The zero-order chi connectivity index (χ0) is 14.0. The molecule has 0 radical (unpaired) electrons. The van der Waals surface area contributed by atoms with Crippen LogP contribution in [0.25, 0.3) is 0 Å². The van der Waals surface area contributed by atoms with Crippen molar-refractivity contribution in [1.82, 2.24) is 0 Å². The van der Waals surface area contributed by atoms with Crippen LogP contribution in [0.4, 0.5) is 10.7 Å². The van der Waals surface area contributed by atoms with E-state index in [0.29, 0.717) is 10.6 Å². The van der Waals surface area contributed by atoms with Gasteiger partial charge in [0.15, 0.2) is 5.78 Å². The van der Waals surface area contributed by atoms with Crippen LogP contribution in [-0.4, -0.2) is 18.6 Å². The van der Waals surface area contributed by atoms with Gasteiger partial charge in [-0.05, 0) is 30.9 Å². The summed E-state index contributed by atoms with van der Waals surface area (Å²) in [5.41, 5.74) is 6.70. The SMILES string of the molecule is CSc1c(NCC2CCC(C)C2)sc(C(C)=O)c1N. The van der Waals surface area contributed by atoms with E-state index in [1.165, 1.54) is 30.6 Å². The number of hydrogen-bond acceptors (Lipinski definition) is 5. The Bertz CT molecular complexity index is 470. The Morgan fingerprint density at radius 2 is 2.26 bits per heavy atom. The van der Waals surface area contributed by atoms with Crippen LogP contribution in [0, 0.1) is 11.8 Å². The fourth-order valence-electron chi connectivity index (χ4n) is 2.76. The van der Waals surface area contributed by atoms with E-state index in [1.54, 1.807) is 18.7 Å². The monoisotopic (exact) mass is 298 g/mol. The van der Waals surface area contributed by atoms with Crippen LogP contribution >= 0.6 is 23.1 Å². The third-order valence-corrected chi connectivity index (χ3v) is 6.00. The summed E-state index contributed by atoms with van der Waals surface area (Å²) in [7, 11) is 0. The van der Waals surface area contributed by atoms with E-state index in [0.717, 1.165) is 28.3 Å². The lowest BCUT2D eigenvalue weighted by atomic mass is 10.1. The van der Waals surface area contributed by atoms with Crippen LogP contribution in [0.3, 0.4) is 0 Å². The summed E-state index contributed by atoms with van der Waals surface area (Å²) in [5, 5.41) is 4.57. The van der Waals surface area contributed by atoms with Crippen molar-refractivity contribution in [2.45, 2.75) is 38.0 Å². The van der Waals surface area contributed by atoms with E-state index in [9.17, 15) is 4.79 Å². The summed E-state index contributed by atoms with van der Waals surface area (Å²) in [5.74, 6) is 1.67. The Balaban J connectivity index is 2.07. The van der Waals surface area contributed by atoms with Gasteiger partial charge in [0.05, 0.1) is 15.5 Å². The van der Waals surface area contributed by atoms with Gasteiger partial charge in [-0.25, -0.2) is 0 Å². The Kier molecular flexibility index (Phi) is 4.79. The minimum absolute atomic E-state index is 0.0559. The maximum absolute atomic E-state index is 11.5. The van der Waals surface area contributed by atoms with E-state index < -0.39 is 0 Å². The number of ketones is 1. The molecule has 106 valence electrons. The topological polar surface area (TPSA) is 55.1 Å². The van der Waals surface area contributed by atoms with Crippen molar-refractivity contribution in [1.29, 1.82) is 0 Å². The molecule has 1 heterocycles. The molecule has 2 unspecified atom stereocenters. The highest BCUT2D eigenvalue weighted by Gasteiger charge is 2.23. The summed E-state index contributed by atoms with van der Waals surface area (Å²) < 4.78 is 0. The smallest absolute Gasteiger partial charge is 0.171 e. The number of anilines is 2. The number of thioether (sulfide) groups is 1. The molecule has 0 saturated heterocycles. The Labute approximate surface area is 123 Å². The molecule has 0 amide bonds. The Hall–Kier alpha value is -0.680. The number of nitrogen functional groups attached to an aromatic ring is 1. The highest BCUT2D eigenvalue weighted by atomic mass is 32.2. The van der Waals surface area contributed by atoms with Gasteiger partial charge in [0.2, 0.25) is 0 Å². The first-order valence-electron chi connectivity index (χ1n) is 6.74. The van der Waals surface area contributed by atoms with Crippen LogP contribution in [0.2, 0.25) is 0 Å². The molecule has 1 fully saturated rings. The van der Waals surface area contributed by atoms with Crippen molar-refractivity contribution in [3.63, 3.8) is 0 Å². The summed E-state index contributed by atoms with van der Waals surface area (Å²) >= 11 is 3.11. The molecule has 0 bridgehead atoms. The van der Waals surface area contributed by atoms with Crippen molar-refractivity contribution in [2.24, 2.45) is 11.8 Å². The number of rotatable bonds is 5. The highest BCUT2D eigenvalue weighted by molar-refractivity contribution is 7.99. The molecule has 3 nitrogen and oxygen atoms in total. The van der Waals surface area contributed by atoms with Gasteiger partial charge in [-0.2, -0.15) is 0 Å². The van der Waals surface area contributed by atoms with Gasteiger partial charge in [-0.1, -0.05) is 13.3 Å². The molecule has 1 saturated carbocycles. The van der Waals surface area contributed by atoms with Crippen LogP contribution < -0.4 is 11.1 Å². The second-order valence-corrected chi connectivity index (χ2v) is 7.27. The average molecular weight is 298 g/mol. The largest absolute Gasteiger partial charge is 0.396 e. The van der Waals surface area contributed by atoms with Gasteiger partial charge >= 0.3 is 0 Å². The van der Waals surface area contributed by atoms with E-state index in [-0.39, 0.29) is 5.78 Å². The van der Waals surface area contributed by atoms with Crippen molar-refractivity contribution < 1.29 is 4.79 Å². The highest BCUT2D eigenvalue weighted by Crippen LogP contribution is 2.42. The van der Waals surface area contributed by atoms with Crippen molar-refractivity contribution in [2.75, 3.05) is 23.9 Å². The number of nitrogens with two attached hydrogens (primary N) is 1. The van der Waals surface area contributed by atoms with Crippen molar-refractivity contribution in [3.8, 4) is 0 Å². The second-order valence-electron chi connectivity index (χ2n) is 5.43. The van der Waals surface area contributed by atoms with Crippen molar-refractivity contribution >= 4 is 39.6 Å². The summed E-state index contributed by atoms with van der Waals surface area (Å²) in [6.45, 7) is 4.90. The third-order valence-electron chi connectivity index (χ3n) is 3.78. The van der Waals surface area contributed by atoms with Crippen LogP contribution in [0.15, 0.2) is 4.90 Å². The molecule has 0 aromatic carbocycles. The molecular formula is C14H22N2OS2. The molecule has 0 spiro atoms. The lowest BCUT2D eigenvalue weighted by molar-refractivity contribution is 0.102. The minimum Gasteiger partial charge on any atom is -0.396 e. The van der Waals surface area contributed by atoms with Gasteiger partial charge in [0, 0.05) is 13.5 Å². The molecule has 1 aliphatic carbocycles. The molecule has 0 aliphatic heterocycles. The molecule has 1 aliphatic rings. The number of thiophene rings is 1. The number of carbonyl (C=O) groups is 1. The van der Waals surface area contributed by atoms with Crippen LogP contribution in [0.5, 0.6) is 0 Å². The first kappa shape index (κ1) is 14.7. The van der Waals surface area contributed by atoms with E-state index >= 15 is 0 Å². The Morgan fingerprint density at radius 1 is 1.53 bits per heavy atom. The van der Waals surface area contributed by atoms with Gasteiger partial charge in [-0.15, -0.1) is 23.1 Å². The van der Waals surface area contributed by atoms with Crippen LogP contribution in [-0.2, 0) is 0 Å². The van der Waals surface area contributed by atoms with Gasteiger partial charge in [0.1, 0.15) is 5.00 Å². The van der Waals surface area contributed by atoms with Gasteiger partial charge in [0.25, 0.3) is 0 Å². The van der Waals surface area contributed by atoms with Crippen LogP contribution in [0.1, 0.15) is 42.8 Å². The predicted octanol–water partition coefficient (Wildman–Crippen LogP) is 4.10. The summed E-state index contributed by atoms with van der Waals surface area (Å²) in [6.07, 6.45) is 5.96. The normalized spacial score (nSPS) is 22.7. The Morgan fingerprint density at radius 3 is 2.79 bits per heavy atom. The second kappa shape index (κ2) is 6.18. The lowest BCUT2D eigenvalue weighted by Gasteiger charge is -2.12. The number of hydrogen-bond donors (Lipinski definition) is 2. The minimum atomic E-state index is 0.0559. The number of Topliss-reactive ketones (excluding diaryl/α,β-unsaturated/α-hetero) is 1. The molecule has 3 N–H and O–H groups in total. The first-order chi connectivity index (χ1) is 9.02. The fourth-order valence-corrected chi connectivity index (χ4v) is 4.69. The molecule has 2 atom stereocenters. The van der Waals surface area contributed by atoms with Gasteiger partial charge < -0.3 is 11.1 Å². The van der Waals surface area contributed by atoms with E-state index in [2.05, 4.69) is 12.2 Å². The molecule has 1 aromatic rings. The van der Waals surface area contributed by atoms with E-state index in [4.69, 9.17) is 5.73 Å². The predicted molar refractivity (Wildman–Crippen MR) is 85.5 cm³/mol. The molecular weight excluding hydrogens is 276 g/mol. The quantitative estimate of drug-likeness (QED) is 0.634. The lowest BCUT2D eigenvalue weighted by Crippen LogP contribution is -2.11. The molecule has 19 heavy (non-hydrogen) atoms. The third kappa shape index (κ3) is 3.26. The van der Waals surface area contributed by atoms with Crippen molar-refractivity contribution in [3.05, 3.63) is 4.88 Å². The standard InChI is InChI=1S/C14H22N2OS2/c1-8-4-5-10(6-8)7-16-14-13(18-3)11(15)12(19-14)9(2)17/h8,10,16H,4-7,15H2,1-3H3. The fraction of sp³-hybridized carbons (Fsp3) is 0.643. The maximum Gasteiger partial charge on any atom is 0.171 e. The molecule has 5 heteroatoms. The van der Waals surface area contributed by atoms with E-state index in [1.807, 2.05) is 6.26 Å². The summed E-state index contributed by atoms with van der Waals surface area (Å²) in [6, 6.07) is 0. The molecule has 1 aromatic heterocycles. The summed E-state index contributed by atoms with van der Waals surface area (Å²) in [4.78, 5) is 13.3.